The van der Waals surface area contributed by atoms with Crippen LogP contribution < -0.4 is 0 Å². The number of aromatic amines is 2. The summed E-state index contributed by atoms with van der Waals surface area (Å²) >= 11 is 2.05. The van der Waals surface area contributed by atoms with Crippen LogP contribution in [0, 0.1) is 0 Å². The van der Waals surface area contributed by atoms with Crippen LogP contribution in [0.5, 0.6) is 0 Å². The molecule has 0 unspecified atom stereocenters. The van der Waals surface area contributed by atoms with Gasteiger partial charge in [0.05, 0.1) is 11.5 Å². The van der Waals surface area contributed by atoms with Gasteiger partial charge in [-0.15, -0.1) is 10.2 Å². The molecular formula is C14H12N6O4S2. The SMILES string of the molecule is O=C(O)CSc1n[nH]c(-c2cccc(-c3nc(SCC(=O)O)n[nH]3)c2)n1. The summed E-state index contributed by atoms with van der Waals surface area (Å²) in [7, 11) is 0. The Bertz CT molecular complexity index is 869. The lowest BCUT2D eigenvalue weighted by Crippen LogP contribution is -1.97. The smallest absolute Gasteiger partial charge is 0.313 e. The van der Waals surface area contributed by atoms with E-state index < -0.39 is 11.9 Å². The lowest BCUT2D eigenvalue weighted by atomic mass is 10.1. The van der Waals surface area contributed by atoms with Crippen molar-refractivity contribution in [2.24, 2.45) is 0 Å². The number of aromatic nitrogens is 6. The van der Waals surface area contributed by atoms with Crippen LogP contribution in [0.25, 0.3) is 22.8 Å². The van der Waals surface area contributed by atoms with E-state index in [4.69, 9.17) is 10.2 Å². The van der Waals surface area contributed by atoms with E-state index in [0.717, 1.165) is 34.7 Å². The van der Waals surface area contributed by atoms with Gasteiger partial charge in [-0.2, -0.15) is 0 Å². The minimum atomic E-state index is -0.940. The Kier molecular flexibility index (Phi) is 5.53. The molecular weight excluding hydrogens is 380 g/mol. The molecule has 0 saturated carbocycles. The maximum atomic E-state index is 10.6. The second-order valence-corrected chi connectivity index (χ2v) is 6.76. The van der Waals surface area contributed by atoms with Gasteiger partial charge in [0.2, 0.25) is 10.3 Å². The van der Waals surface area contributed by atoms with Crippen LogP contribution in [0.1, 0.15) is 0 Å². The molecule has 0 aliphatic heterocycles. The largest absolute Gasteiger partial charge is 0.481 e. The van der Waals surface area contributed by atoms with Gasteiger partial charge >= 0.3 is 11.9 Å². The van der Waals surface area contributed by atoms with Gasteiger partial charge in [0.1, 0.15) is 0 Å². The Morgan fingerprint density at radius 3 is 1.77 bits per heavy atom. The molecule has 26 heavy (non-hydrogen) atoms. The first-order chi connectivity index (χ1) is 12.5. The molecule has 10 nitrogen and oxygen atoms in total. The standard InChI is InChI=1S/C14H12N6O4S2/c21-9(22)5-25-13-15-11(17-19-13)7-2-1-3-8(4-7)12-16-14(20-18-12)26-6-10(23)24/h1-4H,5-6H2,(H,21,22)(H,23,24)(H,15,17,19)(H,16,18,20). The van der Waals surface area contributed by atoms with Crippen LogP contribution in [0.3, 0.4) is 0 Å². The van der Waals surface area contributed by atoms with Crippen molar-refractivity contribution >= 4 is 35.5 Å². The third kappa shape index (κ3) is 4.61. The molecule has 4 N–H and O–H groups in total. The van der Waals surface area contributed by atoms with E-state index in [0.29, 0.717) is 22.0 Å². The number of hydrogen-bond donors (Lipinski definition) is 4. The molecule has 0 spiro atoms. The zero-order valence-corrected chi connectivity index (χ0v) is 14.7. The van der Waals surface area contributed by atoms with E-state index >= 15 is 0 Å². The van der Waals surface area contributed by atoms with Gasteiger partial charge in [0.15, 0.2) is 11.6 Å². The van der Waals surface area contributed by atoms with E-state index in [1.165, 1.54) is 0 Å². The van der Waals surface area contributed by atoms with E-state index in [-0.39, 0.29) is 11.5 Å². The number of thioether (sulfide) groups is 2. The Morgan fingerprint density at radius 1 is 0.885 bits per heavy atom. The molecule has 3 aromatic rings. The molecule has 0 atom stereocenters. The van der Waals surface area contributed by atoms with Crippen molar-refractivity contribution in [3.63, 3.8) is 0 Å². The van der Waals surface area contributed by atoms with Gasteiger partial charge in [-0.25, -0.2) is 9.97 Å². The molecule has 0 fully saturated rings. The molecule has 0 aliphatic rings. The summed E-state index contributed by atoms with van der Waals surface area (Å²) in [5.74, 6) is -1.12. The maximum Gasteiger partial charge on any atom is 0.313 e. The van der Waals surface area contributed by atoms with Gasteiger partial charge in [0.25, 0.3) is 0 Å². The van der Waals surface area contributed by atoms with Crippen LogP contribution in [-0.2, 0) is 9.59 Å². The highest BCUT2D eigenvalue weighted by atomic mass is 32.2. The fourth-order valence-corrected chi connectivity index (χ4v) is 2.98. The van der Waals surface area contributed by atoms with E-state index in [1.54, 1.807) is 0 Å². The number of nitrogens with one attached hydrogen (secondary N) is 2. The fourth-order valence-electron chi connectivity index (χ4n) is 1.95. The first-order valence-electron chi connectivity index (χ1n) is 7.16. The Labute approximate surface area is 154 Å². The van der Waals surface area contributed by atoms with Crippen LogP contribution in [0.15, 0.2) is 34.6 Å². The van der Waals surface area contributed by atoms with Crippen LogP contribution in [0.2, 0.25) is 0 Å². The summed E-state index contributed by atoms with van der Waals surface area (Å²) in [5.41, 5.74) is 1.49. The lowest BCUT2D eigenvalue weighted by Gasteiger charge is -1.99. The summed E-state index contributed by atoms with van der Waals surface area (Å²) in [5, 5.41) is 31.6. The number of nitrogens with zero attached hydrogens (tertiary/aromatic N) is 4. The van der Waals surface area contributed by atoms with Crippen molar-refractivity contribution in [3.8, 4) is 22.8 Å². The number of hydrogen-bond acceptors (Lipinski definition) is 8. The van der Waals surface area contributed by atoms with Gasteiger partial charge in [-0.05, 0) is 6.07 Å². The number of carbonyl (C=O) groups is 2. The first kappa shape index (κ1) is 17.9. The average Bonchev–Trinajstić information content (AvgIpc) is 3.28. The van der Waals surface area contributed by atoms with E-state index in [9.17, 15) is 9.59 Å². The molecule has 2 aromatic heterocycles. The predicted molar refractivity (Wildman–Crippen MR) is 93.9 cm³/mol. The normalized spacial score (nSPS) is 10.8. The third-order valence-corrected chi connectivity index (χ3v) is 4.65. The molecule has 12 heteroatoms. The number of H-pyrrole nitrogens is 2. The minimum absolute atomic E-state index is 0.119. The van der Waals surface area contributed by atoms with Crippen LogP contribution in [-0.4, -0.2) is 64.0 Å². The monoisotopic (exact) mass is 392 g/mol. The van der Waals surface area contributed by atoms with Crippen molar-refractivity contribution in [1.29, 1.82) is 0 Å². The second-order valence-electron chi connectivity index (χ2n) is 4.88. The van der Waals surface area contributed by atoms with Crippen molar-refractivity contribution in [2.75, 3.05) is 11.5 Å². The molecule has 0 bridgehead atoms. The fraction of sp³-hybridized carbons (Fsp3) is 0.143. The zero-order valence-electron chi connectivity index (χ0n) is 13.0. The Balaban J connectivity index is 1.76. The van der Waals surface area contributed by atoms with Gasteiger partial charge in [-0.3, -0.25) is 19.8 Å². The minimum Gasteiger partial charge on any atom is -0.481 e. The lowest BCUT2D eigenvalue weighted by molar-refractivity contribution is -0.134. The predicted octanol–water partition coefficient (Wildman–Crippen LogP) is 1.61. The van der Waals surface area contributed by atoms with Gasteiger partial charge in [0, 0.05) is 11.1 Å². The van der Waals surface area contributed by atoms with Crippen molar-refractivity contribution < 1.29 is 19.8 Å². The molecule has 3 rings (SSSR count). The number of rotatable bonds is 8. The number of carboxylic acids is 2. The van der Waals surface area contributed by atoms with Crippen LogP contribution in [0.4, 0.5) is 0 Å². The highest BCUT2D eigenvalue weighted by Crippen LogP contribution is 2.25. The maximum absolute atomic E-state index is 10.6. The summed E-state index contributed by atoms with van der Waals surface area (Å²) in [6.45, 7) is 0. The van der Waals surface area contributed by atoms with Gasteiger partial charge < -0.3 is 10.2 Å². The van der Waals surface area contributed by atoms with Crippen molar-refractivity contribution in [1.82, 2.24) is 30.4 Å². The third-order valence-electron chi connectivity index (χ3n) is 2.99. The van der Waals surface area contributed by atoms with E-state index in [1.807, 2.05) is 24.3 Å². The Morgan fingerprint density at radius 2 is 1.35 bits per heavy atom. The summed E-state index contributed by atoms with van der Waals surface area (Å²) < 4.78 is 0. The number of benzene rings is 1. The summed E-state index contributed by atoms with van der Waals surface area (Å²) in [4.78, 5) is 29.7. The molecule has 1 aromatic carbocycles. The van der Waals surface area contributed by atoms with Crippen molar-refractivity contribution in [2.45, 2.75) is 10.3 Å². The highest BCUT2D eigenvalue weighted by molar-refractivity contribution is 8.00. The second kappa shape index (κ2) is 8.01. The molecule has 0 radical (unpaired) electrons. The summed E-state index contributed by atoms with van der Waals surface area (Å²) in [6, 6.07) is 7.28. The molecule has 0 saturated heterocycles. The molecule has 2 heterocycles. The highest BCUT2D eigenvalue weighted by Gasteiger charge is 2.11. The Hall–Kier alpha value is -2.86. The number of aliphatic carboxylic acids is 2. The van der Waals surface area contributed by atoms with E-state index in [2.05, 4.69) is 30.4 Å². The van der Waals surface area contributed by atoms with Crippen LogP contribution >= 0.6 is 23.5 Å². The molecule has 0 aliphatic carbocycles. The van der Waals surface area contributed by atoms with Gasteiger partial charge in [-0.1, -0.05) is 41.7 Å². The molecule has 0 amide bonds. The molecule has 134 valence electrons. The zero-order chi connectivity index (χ0) is 18.5. The summed E-state index contributed by atoms with van der Waals surface area (Å²) in [6.07, 6.45) is 0. The number of carboxylic acid groups (broad SMARTS) is 2. The van der Waals surface area contributed by atoms with Crippen molar-refractivity contribution in [3.05, 3.63) is 24.3 Å². The quantitative estimate of drug-likeness (QED) is 0.415. The topological polar surface area (TPSA) is 158 Å². The average molecular weight is 392 g/mol. The first-order valence-corrected chi connectivity index (χ1v) is 9.13.